The van der Waals surface area contributed by atoms with Gasteiger partial charge in [-0.2, -0.15) is 5.26 Å². The average molecular weight is 391 g/mol. The Morgan fingerprint density at radius 2 is 1.93 bits per heavy atom. The molecule has 0 bridgehead atoms. The number of aryl methyl sites for hydroxylation is 1. The number of fused-ring (bicyclic) bond motifs is 1. The Kier molecular flexibility index (Phi) is 5.90. The summed E-state index contributed by atoms with van der Waals surface area (Å²) in [5, 5.41) is 10.3. The summed E-state index contributed by atoms with van der Waals surface area (Å²) >= 11 is 1.83. The Morgan fingerprint density at radius 3 is 2.71 bits per heavy atom. The van der Waals surface area contributed by atoms with Gasteiger partial charge >= 0.3 is 0 Å². The summed E-state index contributed by atoms with van der Waals surface area (Å²) < 4.78 is 0. The third kappa shape index (κ3) is 4.04. The molecule has 2 heterocycles. The first-order chi connectivity index (χ1) is 13.8. The van der Waals surface area contributed by atoms with Crippen LogP contribution in [-0.2, 0) is 6.42 Å². The van der Waals surface area contributed by atoms with Crippen molar-refractivity contribution in [3.05, 3.63) is 59.8 Å². The summed E-state index contributed by atoms with van der Waals surface area (Å²) in [4.78, 5) is 9.80. The fourth-order valence-corrected chi connectivity index (χ4v) is 4.67. The summed E-state index contributed by atoms with van der Waals surface area (Å²) in [5.74, 6) is 0. The number of thioether (sulfide) groups is 1. The van der Waals surface area contributed by atoms with Gasteiger partial charge in [0.25, 0.3) is 0 Å². The molecule has 4 nitrogen and oxygen atoms in total. The smallest absolute Gasteiger partial charge is 0.0991 e. The molecule has 1 aliphatic heterocycles. The number of anilines is 1. The molecule has 0 aliphatic carbocycles. The molecular weight excluding hydrogens is 364 g/mol. The zero-order valence-electron chi connectivity index (χ0n) is 16.3. The number of hydrogen-bond acceptors (Lipinski definition) is 4. The van der Waals surface area contributed by atoms with E-state index in [2.05, 4.69) is 57.6 Å². The van der Waals surface area contributed by atoms with Crippen molar-refractivity contribution in [1.82, 2.24) is 9.88 Å². The van der Waals surface area contributed by atoms with E-state index in [9.17, 15) is 0 Å². The zero-order valence-corrected chi connectivity index (χ0v) is 17.1. The summed E-state index contributed by atoms with van der Waals surface area (Å²) in [6.45, 7) is 5.55. The predicted molar refractivity (Wildman–Crippen MR) is 118 cm³/mol. The normalized spacial score (nSPS) is 15.1. The van der Waals surface area contributed by atoms with Gasteiger partial charge in [0.15, 0.2) is 0 Å². The van der Waals surface area contributed by atoms with Gasteiger partial charge < -0.3 is 9.88 Å². The molecule has 1 aliphatic rings. The topological polar surface area (TPSA) is 46.1 Å². The van der Waals surface area contributed by atoms with E-state index in [-0.39, 0.29) is 0 Å². The highest BCUT2D eigenvalue weighted by Crippen LogP contribution is 2.29. The lowest BCUT2D eigenvalue weighted by Gasteiger charge is -2.36. The number of aromatic amines is 1. The molecule has 1 fully saturated rings. The molecule has 0 saturated carbocycles. The molecule has 1 aromatic heterocycles. The molecule has 4 rings (SSSR count). The number of para-hydroxylation sites is 1. The van der Waals surface area contributed by atoms with Crippen molar-refractivity contribution in [2.75, 3.05) is 43.9 Å². The van der Waals surface area contributed by atoms with E-state index in [4.69, 9.17) is 5.26 Å². The highest BCUT2D eigenvalue weighted by Gasteiger charge is 2.18. The lowest BCUT2D eigenvalue weighted by molar-refractivity contribution is 0.255. The lowest BCUT2D eigenvalue weighted by Crippen LogP contribution is -2.46. The van der Waals surface area contributed by atoms with Crippen LogP contribution in [0.4, 0.5) is 5.69 Å². The number of rotatable bonds is 6. The Labute approximate surface area is 171 Å². The highest BCUT2D eigenvalue weighted by molar-refractivity contribution is 7.98. The standard InChI is InChI=1S/C23H26N4S/c1-28-23-7-3-2-6-22(23)27-13-11-26(12-14-27)10-4-5-19-17-25-21-9-8-18(16-24)15-20(19)21/h2-3,6-9,15,17,25H,4-5,10-14H2,1H3. The zero-order chi connectivity index (χ0) is 19.3. The molecule has 144 valence electrons. The van der Waals surface area contributed by atoms with Gasteiger partial charge in [0.2, 0.25) is 0 Å². The van der Waals surface area contributed by atoms with Crippen LogP contribution in [0.3, 0.4) is 0 Å². The molecule has 28 heavy (non-hydrogen) atoms. The van der Waals surface area contributed by atoms with E-state index >= 15 is 0 Å². The molecule has 0 amide bonds. The van der Waals surface area contributed by atoms with Crippen molar-refractivity contribution < 1.29 is 0 Å². The Hall–Kier alpha value is -2.42. The molecule has 1 saturated heterocycles. The monoisotopic (exact) mass is 390 g/mol. The third-order valence-electron chi connectivity index (χ3n) is 5.62. The molecule has 0 radical (unpaired) electrons. The van der Waals surface area contributed by atoms with Crippen molar-refractivity contribution in [2.24, 2.45) is 0 Å². The van der Waals surface area contributed by atoms with Gasteiger partial charge in [-0.1, -0.05) is 12.1 Å². The SMILES string of the molecule is CSc1ccccc1N1CCN(CCCc2c[nH]c3ccc(C#N)cc23)CC1. The summed E-state index contributed by atoms with van der Waals surface area (Å²) in [6.07, 6.45) is 6.44. The maximum atomic E-state index is 9.14. The van der Waals surface area contributed by atoms with Gasteiger partial charge in [-0.3, -0.25) is 4.90 Å². The second kappa shape index (κ2) is 8.72. The van der Waals surface area contributed by atoms with Crippen LogP contribution in [0.15, 0.2) is 53.6 Å². The van der Waals surface area contributed by atoms with E-state index in [0.717, 1.165) is 56.6 Å². The summed E-state index contributed by atoms with van der Waals surface area (Å²) in [6, 6.07) is 16.8. The minimum Gasteiger partial charge on any atom is -0.368 e. The number of nitrogens with one attached hydrogen (secondary N) is 1. The second-order valence-electron chi connectivity index (χ2n) is 7.29. The largest absolute Gasteiger partial charge is 0.368 e. The first kappa shape index (κ1) is 18.9. The molecule has 0 spiro atoms. The molecule has 2 aromatic carbocycles. The average Bonchev–Trinajstić information content (AvgIpc) is 3.16. The van der Waals surface area contributed by atoms with Crippen molar-refractivity contribution in [1.29, 1.82) is 5.26 Å². The van der Waals surface area contributed by atoms with Gasteiger partial charge in [-0.25, -0.2) is 0 Å². The number of aromatic nitrogens is 1. The van der Waals surface area contributed by atoms with Crippen LogP contribution in [0.5, 0.6) is 0 Å². The van der Waals surface area contributed by atoms with Crippen molar-refractivity contribution in [3.63, 3.8) is 0 Å². The molecule has 5 heteroatoms. The second-order valence-corrected chi connectivity index (χ2v) is 8.14. The predicted octanol–water partition coefficient (Wildman–Crippen LogP) is 4.52. The number of nitrogens with zero attached hydrogens (tertiary/aromatic N) is 3. The van der Waals surface area contributed by atoms with Crippen molar-refractivity contribution in [2.45, 2.75) is 17.7 Å². The fourth-order valence-electron chi connectivity index (χ4n) is 4.05. The van der Waals surface area contributed by atoms with Crippen molar-refractivity contribution >= 4 is 28.4 Å². The van der Waals surface area contributed by atoms with Gasteiger partial charge in [-0.05, 0) is 61.5 Å². The maximum absolute atomic E-state index is 9.14. The fraction of sp³-hybridized carbons (Fsp3) is 0.348. The van der Waals surface area contributed by atoms with E-state index in [1.807, 2.05) is 30.0 Å². The molecule has 1 N–H and O–H groups in total. The van der Waals surface area contributed by atoms with Crippen LogP contribution >= 0.6 is 11.8 Å². The van der Waals surface area contributed by atoms with Gasteiger partial charge in [-0.15, -0.1) is 11.8 Å². The van der Waals surface area contributed by atoms with Gasteiger partial charge in [0, 0.05) is 48.2 Å². The number of H-pyrrole nitrogens is 1. The van der Waals surface area contributed by atoms with Crippen LogP contribution in [0, 0.1) is 11.3 Å². The third-order valence-corrected chi connectivity index (χ3v) is 6.40. The van der Waals surface area contributed by atoms with Crippen LogP contribution in [0.1, 0.15) is 17.5 Å². The van der Waals surface area contributed by atoms with Gasteiger partial charge in [0.1, 0.15) is 0 Å². The quantitative estimate of drug-likeness (QED) is 0.629. The molecule has 3 aromatic rings. The number of benzene rings is 2. The number of piperazine rings is 1. The molecule has 0 atom stereocenters. The van der Waals surface area contributed by atoms with Gasteiger partial charge in [0.05, 0.1) is 17.3 Å². The van der Waals surface area contributed by atoms with E-state index in [0.29, 0.717) is 0 Å². The minimum atomic E-state index is 0.731. The Bertz CT molecular complexity index is 980. The summed E-state index contributed by atoms with van der Waals surface area (Å²) in [5.41, 5.74) is 4.55. The van der Waals surface area contributed by atoms with Crippen LogP contribution in [0.2, 0.25) is 0 Å². The highest BCUT2D eigenvalue weighted by atomic mass is 32.2. The van der Waals surface area contributed by atoms with Crippen LogP contribution < -0.4 is 4.90 Å². The van der Waals surface area contributed by atoms with E-state index < -0.39 is 0 Å². The molecular formula is C23H26N4S. The number of hydrogen-bond donors (Lipinski definition) is 1. The van der Waals surface area contributed by atoms with E-state index in [1.54, 1.807) is 0 Å². The Morgan fingerprint density at radius 1 is 1.11 bits per heavy atom. The number of nitriles is 1. The Balaban J connectivity index is 1.30. The first-order valence-corrected chi connectivity index (χ1v) is 11.1. The summed E-state index contributed by atoms with van der Waals surface area (Å²) in [7, 11) is 0. The van der Waals surface area contributed by atoms with Crippen LogP contribution in [0.25, 0.3) is 10.9 Å². The van der Waals surface area contributed by atoms with Crippen LogP contribution in [-0.4, -0.2) is 48.9 Å². The first-order valence-electron chi connectivity index (χ1n) is 9.89. The van der Waals surface area contributed by atoms with E-state index in [1.165, 1.54) is 21.5 Å². The maximum Gasteiger partial charge on any atom is 0.0991 e. The molecule has 0 unspecified atom stereocenters. The lowest BCUT2D eigenvalue weighted by atomic mass is 10.1. The minimum absolute atomic E-state index is 0.731. The van der Waals surface area contributed by atoms with Crippen molar-refractivity contribution in [3.8, 4) is 6.07 Å².